The Kier molecular flexibility index (Phi) is 8.88. The molecular formula is C47H35BrN4O. The predicted molar refractivity (Wildman–Crippen MR) is 225 cm³/mol. The number of alkyl halides is 1. The van der Waals surface area contributed by atoms with E-state index in [1.165, 1.54) is 0 Å². The van der Waals surface area contributed by atoms with E-state index in [1.807, 2.05) is 30.3 Å². The zero-order valence-electron chi connectivity index (χ0n) is 28.9. The molecule has 2 aliphatic rings. The van der Waals surface area contributed by atoms with E-state index in [0.29, 0.717) is 6.61 Å². The minimum absolute atomic E-state index is 0.660. The van der Waals surface area contributed by atoms with Crippen LogP contribution in [-0.2, 0) is 0 Å². The maximum Gasteiger partial charge on any atom is 0.119 e. The predicted octanol–water partition coefficient (Wildman–Crippen LogP) is 12.5. The number of ether oxygens (including phenoxy) is 1. The van der Waals surface area contributed by atoms with Gasteiger partial charge in [0.25, 0.3) is 0 Å². The lowest BCUT2D eigenvalue weighted by molar-refractivity contribution is 0.319. The number of fused-ring (bicyclic) bond motifs is 8. The van der Waals surface area contributed by atoms with Gasteiger partial charge >= 0.3 is 0 Å². The molecule has 8 bridgehead atoms. The molecule has 7 aromatic rings. The van der Waals surface area contributed by atoms with Crippen LogP contribution < -0.4 is 4.74 Å². The molecule has 0 amide bonds. The molecule has 5 nitrogen and oxygen atoms in total. The summed E-state index contributed by atoms with van der Waals surface area (Å²) in [6.45, 7) is 0.660. The largest absolute Gasteiger partial charge is 0.494 e. The molecule has 0 radical (unpaired) electrons. The standard InChI is InChI=1S/C47H35BrN4O/c48-29-10-30-53-35-19-17-34(18-20-35)47-42-27-25-40(51-42)45(32-13-6-2-7-14-32)38-23-21-36(49-38)44(31-11-4-1-5-12-31)37-22-24-39(50-37)46(33-15-8-3-9-16-33)41-26-28-43(47)52-41/h1-9,11-28,49,52H,10,29-30H2. The Hall–Kier alpha value is -6.24. The molecule has 0 saturated carbocycles. The zero-order valence-corrected chi connectivity index (χ0v) is 30.5. The molecule has 0 fully saturated rings. The van der Waals surface area contributed by atoms with Crippen molar-refractivity contribution < 1.29 is 4.74 Å². The third-order valence-electron chi connectivity index (χ3n) is 9.63. The Morgan fingerprint density at radius 2 is 0.755 bits per heavy atom. The van der Waals surface area contributed by atoms with Gasteiger partial charge in [0.05, 0.1) is 29.4 Å². The summed E-state index contributed by atoms with van der Waals surface area (Å²) >= 11 is 3.50. The molecule has 6 heteroatoms. The van der Waals surface area contributed by atoms with Crippen molar-refractivity contribution in [2.24, 2.45) is 0 Å². The van der Waals surface area contributed by atoms with E-state index in [-0.39, 0.29) is 0 Å². The van der Waals surface area contributed by atoms with E-state index in [4.69, 9.17) is 14.7 Å². The Morgan fingerprint density at radius 3 is 1.09 bits per heavy atom. The third kappa shape index (κ3) is 6.43. The van der Waals surface area contributed by atoms with E-state index in [2.05, 4.69) is 159 Å². The van der Waals surface area contributed by atoms with Gasteiger partial charge in [-0.25, -0.2) is 9.97 Å². The fourth-order valence-corrected chi connectivity index (χ4v) is 7.43. The van der Waals surface area contributed by atoms with E-state index < -0.39 is 0 Å². The molecule has 2 N–H and O–H groups in total. The van der Waals surface area contributed by atoms with Gasteiger partial charge in [-0.15, -0.1) is 0 Å². The van der Waals surface area contributed by atoms with E-state index in [0.717, 1.165) is 107 Å². The maximum atomic E-state index is 6.01. The number of benzene rings is 4. The number of nitrogens with one attached hydrogen (secondary N) is 2. The normalized spacial score (nSPS) is 11.9. The molecule has 0 saturated heterocycles. The topological polar surface area (TPSA) is 66.6 Å². The number of aromatic nitrogens is 4. The lowest BCUT2D eigenvalue weighted by Gasteiger charge is -2.08. The van der Waals surface area contributed by atoms with Crippen molar-refractivity contribution >= 4 is 62.3 Å². The first-order chi connectivity index (χ1) is 26.2. The Balaban J connectivity index is 1.40. The smallest absolute Gasteiger partial charge is 0.119 e. The monoisotopic (exact) mass is 750 g/mol. The highest BCUT2D eigenvalue weighted by molar-refractivity contribution is 9.09. The lowest BCUT2D eigenvalue weighted by atomic mass is 10.0. The van der Waals surface area contributed by atoms with Crippen LogP contribution in [0.1, 0.15) is 29.2 Å². The van der Waals surface area contributed by atoms with Crippen LogP contribution in [0.4, 0.5) is 0 Å². The third-order valence-corrected chi connectivity index (χ3v) is 10.2. The minimum atomic E-state index is 0.660. The van der Waals surface area contributed by atoms with Crippen LogP contribution in [0.25, 0.3) is 90.9 Å². The van der Waals surface area contributed by atoms with Crippen LogP contribution >= 0.6 is 15.9 Å². The van der Waals surface area contributed by atoms with Crippen molar-refractivity contribution in [1.29, 1.82) is 0 Å². The maximum absolute atomic E-state index is 6.01. The van der Waals surface area contributed by atoms with Crippen LogP contribution in [0.3, 0.4) is 0 Å². The molecule has 256 valence electrons. The highest BCUT2D eigenvalue weighted by atomic mass is 79.9. The second-order valence-corrected chi connectivity index (χ2v) is 13.8. The molecule has 53 heavy (non-hydrogen) atoms. The Morgan fingerprint density at radius 1 is 0.415 bits per heavy atom. The first-order valence-corrected chi connectivity index (χ1v) is 19.0. The number of nitrogens with zero attached hydrogens (tertiary/aromatic N) is 2. The van der Waals surface area contributed by atoms with Crippen molar-refractivity contribution in [2.45, 2.75) is 6.42 Å². The van der Waals surface area contributed by atoms with Gasteiger partial charge in [0.1, 0.15) is 5.75 Å². The van der Waals surface area contributed by atoms with E-state index in [1.54, 1.807) is 0 Å². The summed E-state index contributed by atoms with van der Waals surface area (Å²) in [5, 5.41) is 0.908. The van der Waals surface area contributed by atoms with Crippen LogP contribution in [0.2, 0.25) is 0 Å². The summed E-state index contributed by atoms with van der Waals surface area (Å²) in [5.74, 6) is 0.846. The van der Waals surface area contributed by atoms with Crippen molar-refractivity contribution in [3.8, 4) is 50.3 Å². The zero-order chi connectivity index (χ0) is 35.6. The van der Waals surface area contributed by atoms with E-state index >= 15 is 0 Å². The summed E-state index contributed by atoms with van der Waals surface area (Å²) in [6.07, 6.45) is 9.47. The summed E-state index contributed by atoms with van der Waals surface area (Å²) in [5.41, 5.74) is 15.8. The van der Waals surface area contributed by atoms with Crippen LogP contribution in [-0.4, -0.2) is 31.9 Å². The first-order valence-electron chi connectivity index (χ1n) is 17.9. The molecule has 2 aliphatic heterocycles. The second-order valence-electron chi connectivity index (χ2n) is 13.0. The van der Waals surface area contributed by atoms with Gasteiger partial charge in [0.2, 0.25) is 0 Å². The van der Waals surface area contributed by atoms with Crippen molar-refractivity contribution in [1.82, 2.24) is 19.9 Å². The highest BCUT2D eigenvalue weighted by Crippen LogP contribution is 2.38. The van der Waals surface area contributed by atoms with Crippen molar-refractivity contribution in [2.75, 3.05) is 11.9 Å². The molecule has 0 atom stereocenters. The summed E-state index contributed by atoms with van der Waals surface area (Å²) < 4.78 is 6.01. The summed E-state index contributed by atoms with van der Waals surface area (Å²) in [6, 6.07) is 48.5. The number of rotatable bonds is 8. The molecular weight excluding hydrogens is 716 g/mol. The lowest BCUT2D eigenvalue weighted by Crippen LogP contribution is -1.97. The van der Waals surface area contributed by atoms with Gasteiger partial charge in [-0.05, 0) is 89.4 Å². The van der Waals surface area contributed by atoms with Gasteiger partial charge in [0.15, 0.2) is 0 Å². The molecule has 9 rings (SSSR count). The van der Waals surface area contributed by atoms with Gasteiger partial charge < -0.3 is 14.7 Å². The average molecular weight is 752 g/mol. The van der Waals surface area contributed by atoms with Crippen LogP contribution in [0.15, 0.2) is 140 Å². The second kappa shape index (κ2) is 14.4. The van der Waals surface area contributed by atoms with Crippen molar-refractivity contribution in [3.63, 3.8) is 0 Å². The fourth-order valence-electron chi connectivity index (χ4n) is 7.20. The molecule has 5 heterocycles. The molecule has 3 aromatic heterocycles. The van der Waals surface area contributed by atoms with Gasteiger partial charge in [-0.2, -0.15) is 0 Å². The quantitative estimate of drug-likeness (QED) is 0.120. The van der Waals surface area contributed by atoms with Gasteiger partial charge in [-0.3, -0.25) is 0 Å². The molecule has 0 aliphatic carbocycles. The fraction of sp³-hybridized carbons (Fsp3) is 0.0638. The SMILES string of the molecule is BrCCCOc1ccc(-c2c3nc(c(-c4ccccc4)c4ccc([nH]4)c(-c4ccccc4)c4nc(c(-c5ccccc5)c5ccc2[nH]5)C=C4)C=C3)cc1. The summed E-state index contributed by atoms with van der Waals surface area (Å²) in [4.78, 5) is 18.4. The first kappa shape index (κ1) is 32.7. The number of H-pyrrole nitrogens is 2. The van der Waals surface area contributed by atoms with Crippen LogP contribution in [0.5, 0.6) is 5.75 Å². The van der Waals surface area contributed by atoms with Gasteiger partial charge in [0, 0.05) is 49.7 Å². The number of aromatic amines is 2. The number of hydrogen-bond acceptors (Lipinski definition) is 3. The molecule has 4 aromatic carbocycles. The van der Waals surface area contributed by atoms with Gasteiger partial charge in [-0.1, -0.05) is 119 Å². The number of hydrogen-bond donors (Lipinski definition) is 2. The Labute approximate surface area is 316 Å². The average Bonchev–Trinajstić information content (AvgIpc) is 4.05. The molecule has 0 spiro atoms. The highest BCUT2D eigenvalue weighted by Gasteiger charge is 2.18. The number of halogens is 1. The Bertz CT molecular complexity index is 2620. The summed E-state index contributed by atoms with van der Waals surface area (Å²) in [7, 11) is 0. The van der Waals surface area contributed by atoms with Crippen LogP contribution in [0, 0.1) is 0 Å². The minimum Gasteiger partial charge on any atom is -0.494 e. The van der Waals surface area contributed by atoms with Crippen molar-refractivity contribution in [3.05, 3.63) is 162 Å². The van der Waals surface area contributed by atoms with E-state index in [9.17, 15) is 0 Å². The molecule has 0 unspecified atom stereocenters.